The molecule has 1 amide bonds. The average molecular weight is 413 g/mol. The standard InChI is InChI=1S/C18H18ClFN2O4S/c1-10-4-5-11-8-14(21-27(3,24)25)18(23)22(2)16(11)17(10)26-15-9-12(20)6-7-13(15)19/h4-7,9,14,21H,8H2,1-3H3/t14-/m1/s1. The molecule has 1 heterocycles. The maximum absolute atomic E-state index is 13.6. The van der Waals surface area contributed by atoms with E-state index in [1.165, 1.54) is 30.1 Å². The van der Waals surface area contributed by atoms with E-state index in [1.54, 1.807) is 13.0 Å². The lowest BCUT2D eigenvalue weighted by Gasteiger charge is -2.33. The zero-order valence-electron chi connectivity index (χ0n) is 14.9. The number of aryl methyl sites for hydroxylation is 1. The van der Waals surface area contributed by atoms with Crippen LogP contribution in [0.3, 0.4) is 0 Å². The molecule has 2 aromatic carbocycles. The lowest BCUT2D eigenvalue weighted by molar-refractivity contribution is -0.120. The Morgan fingerprint density at radius 1 is 1.30 bits per heavy atom. The molecule has 0 saturated carbocycles. The summed E-state index contributed by atoms with van der Waals surface area (Å²) in [6.07, 6.45) is 1.19. The molecule has 27 heavy (non-hydrogen) atoms. The summed E-state index contributed by atoms with van der Waals surface area (Å²) in [5, 5.41) is 0.231. The topological polar surface area (TPSA) is 75.7 Å². The maximum Gasteiger partial charge on any atom is 0.245 e. The first-order valence-electron chi connectivity index (χ1n) is 8.07. The summed E-state index contributed by atoms with van der Waals surface area (Å²) in [4.78, 5) is 14.0. The van der Waals surface area contributed by atoms with Crippen molar-refractivity contribution in [3.05, 3.63) is 52.3 Å². The van der Waals surface area contributed by atoms with Gasteiger partial charge in [0.25, 0.3) is 0 Å². The van der Waals surface area contributed by atoms with Crippen LogP contribution in [0.5, 0.6) is 11.5 Å². The summed E-state index contributed by atoms with van der Waals surface area (Å²) in [6.45, 7) is 1.79. The number of hydrogen-bond donors (Lipinski definition) is 1. The van der Waals surface area contributed by atoms with Crippen molar-refractivity contribution < 1.29 is 22.3 Å². The maximum atomic E-state index is 13.6. The van der Waals surface area contributed by atoms with E-state index in [9.17, 15) is 17.6 Å². The molecule has 144 valence electrons. The number of amides is 1. The molecular weight excluding hydrogens is 395 g/mol. The normalized spacial score (nSPS) is 17.0. The van der Waals surface area contributed by atoms with Gasteiger partial charge in [-0.25, -0.2) is 17.5 Å². The van der Waals surface area contributed by atoms with Crippen LogP contribution >= 0.6 is 11.6 Å². The number of anilines is 1. The Balaban J connectivity index is 2.05. The van der Waals surface area contributed by atoms with Crippen molar-refractivity contribution in [3.63, 3.8) is 0 Å². The zero-order valence-corrected chi connectivity index (χ0v) is 16.5. The Kier molecular flexibility index (Phi) is 5.16. The monoisotopic (exact) mass is 412 g/mol. The molecule has 1 atom stereocenters. The summed E-state index contributed by atoms with van der Waals surface area (Å²) in [7, 11) is -2.01. The molecule has 0 fully saturated rings. The van der Waals surface area contributed by atoms with Gasteiger partial charge in [0.15, 0.2) is 5.75 Å². The van der Waals surface area contributed by atoms with Crippen LogP contribution in [-0.4, -0.2) is 33.7 Å². The number of hydrogen-bond acceptors (Lipinski definition) is 4. The summed E-state index contributed by atoms with van der Waals surface area (Å²) >= 11 is 6.09. The molecule has 9 heteroatoms. The molecular formula is C18H18ClFN2O4S. The highest BCUT2D eigenvalue weighted by molar-refractivity contribution is 7.88. The second-order valence-electron chi connectivity index (χ2n) is 6.44. The molecule has 1 N–H and O–H groups in total. The molecule has 0 aliphatic carbocycles. The molecule has 1 aliphatic rings. The minimum Gasteiger partial charge on any atom is -0.453 e. The molecule has 0 saturated heterocycles. The van der Waals surface area contributed by atoms with E-state index in [0.717, 1.165) is 17.4 Å². The quantitative estimate of drug-likeness (QED) is 0.837. The van der Waals surface area contributed by atoms with Crippen LogP contribution < -0.4 is 14.4 Å². The van der Waals surface area contributed by atoms with Crippen LogP contribution in [0.15, 0.2) is 30.3 Å². The Morgan fingerprint density at radius 2 is 2.00 bits per heavy atom. The minimum atomic E-state index is -3.55. The number of halogens is 2. The smallest absolute Gasteiger partial charge is 0.245 e. The number of rotatable bonds is 4. The Morgan fingerprint density at radius 3 is 2.67 bits per heavy atom. The fourth-order valence-electron chi connectivity index (χ4n) is 3.04. The first kappa shape index (κ1) is 19.6. The molecule has 0 aromatic heterocycles. The number of carbonyl (C=O) groups is 1. The van der Waals surface area contributed by atoms with Crippen molar-refractivity contribution in [3.8, 4) is 11.5 Å². The first-order valence-corrected chi connectivity index (χ1v) is 10.3. The van der Waals surface area contributed by atoms with Gasteiger partial charge in [-0.2, -0.15) is 0 Å². The van der Waals surface area contributed by atoms with Gasteiger partial charge in [-0.05, 0) is 36.6 Å². The van der Waals surface area contributed by atoms with Gasteiger partial charge in [0.2, 0.25) is 15.9 Å². The predicted molar refractivity (Wildman–Crippen MR) is 102 cm³/mol. The lowest BCUT2D eigenvalue weighted by Crippen LogP contribution is -2.51. The molecule has 0 radical (unpaired) electrons. The molecule has 0 spiro atoms. The highest BCUT2D eigenvalue weighted by Gasteiger charge is 2.35. The van der Waals surface area contributed by atoms with Crippen molar-refractivity contribution in [2.75, 3.05) is 18.2 Å². The highest BCUT2D eigenvalue weighted by atomic mass is 35.5. The molecule has 6 nitrogen and oxygen atoms in total. The van der Waals surface area contributed by atoms with E-state index in [-0.39, 0.29) is 17.2 Å². The Hall–Kier alpha value is -2.16. The third-order valence-electron chi connectivity index (χ3n) is 4.26. The third kappa shape index (κ3) is 4.07. The fraction of sp³-hybridized carbons (Fsp3) is 0.278. The van der Waals surface area contributed by atoms with Gasteiger partial charge < -0.3 is 9.64 Å². The molecule has 0 unspecified atom stereocenters. The van der Waals surface area contributed by atoms with E-state index in [0.29, 0.717) is 11.4 Å². The van der Waals surface area contributed by atoms with Crippen LogP contribution in [0.1, 0.15) is 11.1 Å². The van der Waals surface area contributed by atoms with Crippen molar-refractivity contribution in [2.24, 2.45) is 0 Å². The Labute approximate surface area is 161 Å². The summed E-state index contributed by atoms with van der Waals surface area (Å²) in [5.41, 5.74) is 1.96. The molecule has 3 rings (SSSR count). The number of benzene rings is 2. The average Bonchev–Trinajstić information content (AvgIpc) is 2.57. The third-order valence-corrected chi connectivity index (χ3v) is 5.29. The van der Waals surface area contributed by atoms with Gasteiger partial charge in [0.1, 0.15) is 17.6 Å². The van der Waals surface area contributed by atoms with E-state index in [2.05, 4.69) is 4.72 Å². The Bertz CT molecular complexity index is 1030. The van der Waals surface area contributed by atoms with Crippen LogP contribution in [0.25, 0.3) is 0 Å². The zero-order chi connectivity index (χ0) is 19.9. The number of nitrogens with zero attached hydrogens (tertiary/aromatic N) is 1. The highest BCUT2D eigenvalue weighted by Crippen LogP contribution is 2.42. The van der Waals surface area contributed by atoms with Crippen LogP contribution in [-0.2, 0) is 21.2 Å². The van der Waals surface area contributed by atoms with E-state index in [1.807, 2.05) is 6.07 Å². The van der Waals surface area contributed by atoms with E-state index >= 15 is 0 Å². The summed E-state index contributed by atoms with van der Waals surface area (Å²) in [6, 6.07) is 6.48. The number of carbonyl (C=O) groups excluding carboxylic acids is 1. The largest absolute Gasteiger partial charge is 0.453 e. The van der Waals surface area contributed by atoms with E-state index < -0.39 is 27.8 Å². The van der Waals surface area contributed by atoms with Crippen LogP contribution in [0.2, 0.25) is 5.02 Å². The summed E-state index contributed by atoms with van der Waals surface area (Å²) < 4.78 is 44.9. The minimum absolute atomic E-state index is 0.130. The second-order valence-corrected chi connectivity index (χ2v) is 8.63. The van der Waals surface area contributed by atoms with Crippen molar-refractivity contribution in [1.82, 2.24) is 4.72 Å². The first-order chi connectivity index (χ1) is 12.6. The number of fused-ring (bicyclic) bond motifs is 1. The predicted octanol–water partition coefficient (Wildman–Crippen LogP) is 3.02. The van der Waals surface area contributed by atoms with Gasteiger partial charge in [0, 0.05) is 13.1 Å². The number of ether oxygens (including phenoxy) is 1. The van der Waals surface area contributed by atoms with Crippen molar-refractivity contribution in [1.29, 1.82) is 0 Å². The fourth-order valence-corrected chi connectivity index (χ4v) is 3.90. The number of likely N-dealkylation sites (N-methyl/N-ethyl adjacent to an activating group) is 1. The van der Waals surface area contributed by atoms with Gasteiger partial charge in [-0.15, -0.1) is 0 Å². The van der Waals surface area contributed by atoms with Crippen LogP contribution in [0.4, 0.5) is 10.1 Å². The summed E-state index contributed by atoms with van der Waals surface area (Å²) in [5.74, 6) is -0.411. The van der Waals surface area contributed by atoms with Gasteiger partial charge >= 0.3 is 0 Å². The molecule has 1 aliphatic heterocycles. The van der Waals surface area contributed by atoms with Crippen molar-refractivity contribution in [2.45, 2.75) is 19.4 Å². The molecule has 2 aromatic rings. The van der Waals surface area contributed by atoms with Gasteiger partial charge in [0.05, 0.1) is 17.0 Å². The van der Waals surface area contributed by atoms with Gasteiger partial charge in [-0.3, -0.25) is 4.79 Å². The lowest BCUT2D eigenvalue weighted by atomic mass is 9.96. The number of nitrogens with one attached hydrogen (secondary N) is 1. The van der Waals surface area contributed by atoms with E-state index in [4.69, 9.17) is 16.3 Å². The van der Waals surface area contributed by atoms with Gasteiger partial charge in [-0.1, -0.05) is 23.7 Å². The van der Waals surface area contributed by atoms with Crippen LogP contribution in [0, 0.1) is 12.7 Å². The second kappa shape index (κ2) is 7.10. The van der Waals surface area contributed by atoms with Crippen molar-refractivity contribution >= 4 is 33.2 Å². The SMILES string of the molecule is Cc1ccc2c(c1Oc1cc(F)ccc1Cl)N(C)C(=O)[C@H](NS(C)(=O)=O)C2. The number of sulfonamides is 1. The molecule has 0 bridgehead atoms.